The van der Waals surface area contributed by atoms with E-state index < -0.39 is 6.09 Å². The Morgan fingerprint density at radius 3 is 2.23 bits per heavy atom. The highest BCUT2D eigenvalue weighted by Crippen LogP contribution is 2.44. The lowest BCUT2D eigenvalue weighted by Gasteiger charge is -2.15. The van der Waals surface area contributed by atoms with Gasteiger partial charge in [-0.15, -0.1) is 0 Å². The fraction of sp³-hybridized carbons (Fsp3) is 0.382. The molecule has 0 aromatic heterocycles. The van der Waals surface area contributed by atoms with Gasteiger partial charge in [0.2, 0.25) is 5.91 Å². The molecule has 1 aliphatic carbocycles. The van der Waals surface area contributed by atoms with Crippen LogP contribution in [0.3, 0.4) is 0 Å². The van der Waals surface area contributed by atoms with Crippen molar-refractivity contribution in [3.63, 3.8) is 0 Å². The molecule has 0 unspecified atom stereocenters. The molecule has 0 fully saturated rings. The van der Waals surface area contributed by atoms with E-state index in [2.05, 4.69) is 40.0 Å². The summed E-state index contributed by atoms with van der Waals surface area (Å²) < 4.78 is 10.5. The van der Waals surface area contributed by atoms with Gasteiger partial charge in [-0.2, -0.15) is 5.53 Å². The lowest BCUT2D eigenvalue weighted by molar-refractivity contribution is -0.223. The number of rotatable bonds is 16. The number of fused-ring (bicyclic) bond motifs is 3. The van der Waals surface area contributed by atoms with E-state index >= 15 is 0 Å². The van der Waals surface area contributed by atoms with Crippen LogP contribution in [0.4, 0.5) is 4.79 Å². The first kappa shape index (κ1) is 31.4. The van der Waals surface area contributed by atoms with E-state index in [0.717, 1.165) is 23.1 Å². The summed E-state index contributed by atoms with van der Waals surface area (Å²) in [6, 6.07) is 22.5. The number of amides is 2. The van der Waals surface area contributed by atoms with Gasteiger partial charge in [0, 0.05) is 31.8 Å². The summed E-state index contributed by atoms with van der Waals surface area (Å²) in [6.45, 7) is 3.57. The Kier molecular flexibility index (Phi) is 11.8. The van der Waals surface area contributed by atoms with Gasteiger partial charge in [-0.05, 0) is 70.2 Å². The van der Waals surface area contributed by atoms with Crippen LogP contribution in [0.25, 0.3) is 11.1 Å². The second-order valence-electron chi connectivity index (χ2n) is 10.6. The van der Waals surface area contributed by atoms with Crippen molar-refractivity contribution in [2.24, 2.45) is 5.11 Å². The number of hydrogen-bond donors (Lipinski definition) is 3. The Morgan fingerprint density at radius 2 is 1.53 bits per heavy atom. The molecule has 9 nitrogen and oxygen atoms in total. The number of nitrogens with zero attached hydrogens (tertiary/aromatic N) is 1. The maximum absolute atomic E-state index is 12.5. The quantitative estimate of drug-likeness (QED) is 0.128. The molecule has 43 heavy (non-hydrogen) atoms. The maximum Gasteiger partial charge on any atom is 0.407 e. The Balaban J connectivity index is 1.19. The number of nitrogens with one attached hydrogen (secondary N) is 2. The van der Waals surface area contributed by atoms with Gasteiger partial charge in [-0.1, -0.05) is 73.2 Å². The molecule has 0 saturated heterocycles. The van der Waals surface area contributed by atoms with Crippen LogP contribution in [-0.4, -0.2) is 37.7 Å². The molecular weight excluding hydrogens is 544 g/mol. The number of nitrogens with two attached hydrogens (primary N) is 1. The van der Waals surface area contributed by atoms with Crippen molar-refractivity contribution in [1.29, 1.82) is 0 Å². The zero-order valence-electron chi connectivity index (χ0n) is 24.8. The number of benzene rings is 3. The van der Waals surface area contributed by atoms with Crippen LogP contribution < -0.4 is 16.2 Å². The predicted molar refractivity (Wildman–Crippen MR) is 163 cm³/mol. The minimum absolute atomic E-state index is 0.0186. The van der Waals surface area contributed by atoms with Crippen molar-refractivity contribution < 1.29 is 29.4 Å². The van der Waals surface area contributed by atoms with Gasteiger partial charge < -0.3 is 20.1 Å². The molecule has 0 bridgehead atoms. The van der Waals surface area contributed by atoms with Gasteiger partial charge in [-0.25, -0.2) is 4.79 Å². The molecule has 3 aromatic carbocycles. The van der Waals surface area contributed by atoms with E-state index in [1.54, 1.807) is 6.92 Å². The molecule has 0 radical (unpaired) electrons. The Morgan fingerprint density at radius 1 is 0.837 bits per heavy atom. The van der Waals surface area contributed by atoms with Crippen molar-refractivity contribution in [1.82, 2.24) is 10.6 Å². The van der Waals surface area contributed by atoms with Gasteiger partial charge in [0.1, 0.15) is 13.2 Å². The largest absolute Gasteiger partial charge is 0.466 e. The van der Waals surface area contributed by atoms with Gasteiger partial charge in [0.15, 0.2) is 0 Å². The van der Waals surface area contributed by atoms with Crippen molar-refractivity contribution in [2.75, 3.05) is 19.8 Å². The highest BCUT2D eigenvalue weighted by Gasteiger charge is 2.29. The second-order valence-corrected chi connectivity index (χ2v) is 10.6. The molecule has 2 amide bonds. The molecule has 9 heteroatoms. The molecule has 3 aromatic rings. The summed E-state index contributed by atoms with van der Waals surface area (Å²) in [5.41, 5.74) is 13.1. The average molecular weight is 586 g/mol. The third-order valence-corrected chi connectivity index (χ3v) is 7.63. The van der Waals surface area contributed by atoms with E-state index in [9.17, 15) is 14.4 Å². The average Bonchev–Trinajstić information content (AvgIpc) is 3.33. The molecule has 0 heterocycles. The van der Waals surface area contributed by atoms with Crippen molar-refractivity contribution in [2.45, 2.75) is 64.5 Å². The monoisotopic (exact) mass is 585 g/mol. The Labute approximate surface area is 252 Å². The summed E-state index contributed by atoms with van der Waals surface area (Å²) in [4.78, 5) is 36.2. The summed E-state index contributed by atoms with van der Waals surface area (Å²) in [7, 11) is 0. The van der Waals surface area contributed by atoms with Crippen LogP contribution in [0.1, 0.15) is 72.8 Å². The highest BCUT2D eigenvalue weighted by atomic mass is 16.5. The molecule has 4 rings (SSSR count). The third-order valence-electron chi connectivity index (χ3n) is 7.63. The highest BCUT2D eigenvalue weighted by molar-refractivity contribution is 5.79. The van der Waals surface area contributed by atoms with Crippen LogP contribution in [0.15, 0.2) is 71.8 Å². The number of unbranched alkanes of at least 4 members (excludes halogenated alkanes) is 2. The number of esters is 1. The first-order chi connectivity index (χ1) is 21.0. The summed E-state index contributed by atoms with van der Waals surface area (Å²) in [5, 5.41) is 9.61. The zero-order valence-corrected chi connectivity index (χ0v) is 24.8. The molecular formula is C34H41N4O5+. The van der Waals surface area contributed by atoms with E-state index in [4.69, 9.17) is 15.0 Å². The fourth-order valence-electron chi connectivity index (χ4n) is 5.46. The fourth-order valence-corrected chi connectivity index (χ4v) is 5.46. The van der Waals surface area contributed by atoms with E-state index in [1.165, 1.54) is 22.3 Å². The number of carbonyl (C=O) groups is 3. The van der Waals surface area contributed by atoms with E-state index in [0.29, 0.717) is 58.3 Å². The number of ether oxygens (including phenoxy) is 2. The van der Waals surface area contributed by atoms with Crippen LogP contribution in [0.5, 0.6) is 0 Å². The van der Waals surface area contributed by atoms with Crippen LogP contribution in [0, 0.1) is 0 Å². The normalized spacial score (nSPS) is 11.7. The lowest BCUT2D eigenvalue weighted by Crippen LogP contribution is -2.28. The third kappa shape index (κ3) is 8.98. The van der Waals surface area contributed by atoms with Gasteiger partial charge in [-0.3, -0.25) is 9.59 Å². The van der Waals surface area contributed by atoms with Crippen LogP contribution in [0.2, 0.25) is 0 Å². The molecule has 0 saturated carbocycles. The molecule has 4 N–H and O–H groups in total. The lowest BCUT2D eigenvalue weighted by atomic mass is 9.98. The standard InChI is InChI=1S/C34H40N4O5/c1-2-42-33(40)15-5-3-4-14-32(39)37-21-25-17-16-24(20-26(25)22-38-35)18-19-36-34(41)43-23-31-29-12-8-6-10-27(29)28-11-7-9-13-30(28)31/h6-13,16-17,20,31,35H,2-5,14-15,18-19,21-23H2,1H3,(H,36,41)(H,37,39)/p+1. The summed E-state index contributed by atoms with van der Waals surface area (Å²) >= 11 is 0. The maximum atomic E-state index is 12.5. The second kappa shape index (κ2) is 16.2. The van der Waals surface area contributed by atoms with Crippen molar-refractivity contribution in [3.8, 4) is 11.1 Å². The molecule has 0 aliphatic heterocycles. The van der Waals surface area contributed by atoms with Gasteiger partial charge in [0.05, 0.1) is 6.61 Å². The molecule has 226 valence electrons. The first-order valence-corrected chi connectivity index (χ1v) is 15.0. The SMILES string of the molecule is CCOC(=O)CCCCCC(=O)NCc1ccc(CCNC(=O)OCC2c3ccccc3-c3ccccc32)cc1CN=[NH2+]. The zero-order chi connectivity index (χ0) is 30.4. The first-order valence-electron chi connectivity index (χ1n) is 15.0. The van der Waals surface area contributed by atoms with Crippen molar-refractivity contribution >= 4 is 18.0 Å². The summed E-state index contributed by atoms with van der Waals surface area (Å²) in [5.74, 6) is -0.213. The van der Waals surface area contributed by atoms with E-state index in [1.807, 2.05) is 42.5 Å². The minimum atomic E-state index is -0.445. The number of alkyl carbamates (subject to hydrolysis) is 1. The van der Waals surface area contributed by atoms with E-state index in [-0.39, 0.29) is 24.4 Å². The molecule has 0 spiro atoms. The Bertz CT molecular complexity index is 1380. The minimum Gasteiger partial charge on any atom is -0.466 e. The van der Waals surface area contributed by atoms with Crippen molar-refractivity contribution in [3.05, 3.63) is 94.5 Å². The van der Waals surface area contributed by atoms with Crippen LogP contribution in [-0.2, 0) is 38.6 Å². The number of hydrogen-bond acceptors (Lipinski definition) is 6. The topological polar surface area (TPSA) is 132 Å². The number of carbonyl (C=O) groups excluding carboxylic acids is 3. The van der Waals surface area contributed by atoms with Gasteiger partial charge >= 0.3 is 12.1 Å². The smallest absolute Gasteiger partial charge is 0.407 e. The van der Waals surface area contributed by atoms with Gasteiger partial charge in [0.25, 0.3) is 0 Å². The molecule has 0 atom stereocenters. The summed E-state index contributed by atoms with van der Waals surface area (Å²) in [6.07, 6.45) is 3.17. The molecule has 1 aliphatic rings. The predicted octanol–water partition coefficient (Wildman–Crippen LogP) is 4.61. The van der Waals surface area contributed by atoms with Crippen LogP contribution >= 0.6 is 0 Å². The Hall–Kier alpha value is -4.53.